The summed E-state index contributed by atoms with van der Waals surface area (Å²) >= 11 is 0. The van der Waals surface area contributed by atoms with Gasteiger partial charge in [0.15, 0.2) is 0 Å². The molecule has 0 fully saturated rings. The Balaban J connectivity index is 2.41. The van der Waals surface area contributed by atoms with E-state index in [0.29, 0.717) is 5.92 Å². The average molecular weight is 240 g/mol. The van der Waals surface area contributed by atoms with Crippen molar-refractivity contribution in [2.24, 2.45) is 11.7 Å². The molecule has 1 aromatic heterocycles. The van der Waals surface area contributed by atoms with Crippen molar-refractivity contribution in [1.29, 1.82) is 0 Å². The van der Waals surface area contributed by atoms with E-state index in [1.165, 1.54) is 0 Å². The first-order valence-electron chi connectivity index (χ1n) is 6.33. The molecule has 1 atom stereocenters. The quantitative estimate of drug-likeness (QED) is 0.694. The Morgan fingerprint density at radius 3 is 2.88 bits per heavy atom. The molecule has 98 valence electrons. The van der Waals surface area contributed by atoms with Crippen LogP contribution in [0.15, 0.2) is 6.33 Å². The molecule has 0 radical (unpaired) electrons. The number of hydrogen-bond donors (Lipinski definition) is 1. The molecular weight excluding hydrogens is 216 g/mol. The lowest BCUT2D eigenvalue weighted by Gasteiger charge is -2.13. The number of nitrogens with two attached hydrogens (primary N) is 1. The van der Waals surface area contributed by atoms with E-state index in [4.69, 9.17) is 10.5 Å². The second-order valence-electron chi connectivity index (χ2n) is 4.70. The summed E-state index contributed by atoms with van der Waals surface area (Å²) < 4.78 is 7.24. The van der Waals surface area contributed by atoms with E-state index in [2.05, 4.69) is 23.9 Å². The Bertz CT molecular complexity index is 311. The molecule has 0 aliphatic rings. The van der Waals surface area contributed by atoms with Gasteiger partial charge >= 0.3 is 0 Å². The number of rotatable bonds is 8. The number of nitrogens with zero attached hydrogens (tertiary/aromatic N) is 3. The largest absolute Gasteiger partial charge is 0.382 e. The fraction of sp³-hybridized carbons (Fsp3) is 0.833. The van der Waals surface area contributed by atoms with Gasteiger partial charge in [-0.1, -0.05) is 13.8 Å². The van der Waals surface area contributed by atoms with Crippen LogP contribution in [0.2, 0.25) is 0 Å². The van der Waals surface area contributed by atoms with Crippen molar-refractivity contribution in [1.82, 2.24) is 14.8 Å². The molecule has 0 saturated carbocycles. The smallest absolute Gasteiger partial charge is 0.138 e. The van der Waals surface area contributed by atoms with Crippen LogP contribution in [0.4, 0.5) is 0 Å². The van der Waals surface area contributed by atoms with Gasteiger partial charge in [0.25, 0.3) is 0 Å². The standard InChI is InChI=1S/C12H24N4O/c1-4-17-6-5-11(13)7-12-14-9-15-16(12)8-10(2)3/h9-11H,4-8,13H2,1-3H3. The molecule has 0 aliphatic carbocycles. The Labute approximate surface area is 103 Å². The molecule has 17 heavy (non-hydrogen) atoms. The minimum Gasteiger partial charge on any atom is -0.382 e. The van der Waals surface area contributed by atoms with Crippen LogP contribution in [0.1, 0.15) is 33.0 Å². The Morgan fingerprint density at radius 2 is 2.24 bits per heavy atom. The van der Waals surface area contributed by atoms with Crippen LogP contribution in [0.3, 0.4) is 0 Å². The third-order valence-electron chi connectivity index (χ3n) is 2.52. The van der Waals surface area contributed by atoms with E-state index in [1.807, 2.05) is 11.6 Å². The van der Waals surface area contributed by atoms with Gasteiger partial charge in [0.1, 0.15) is 12.2 Å². The highest BCUT2D eigenvalue weighted by Crippen LogP contribution is 2.05. The molecule has 1 rings (SSSR count). The van der Waals surface area contributed by atoms with E-state index in [0.717, 1.165) is 38.4 Å². The van der Waals surface area contributed by atoms with E-state index in [1.54, 1.807) is 6.33 Å². The van der Waals surface area contributed by atoms with Crippen LogP contribution < -0.4 is 5.73 Å². The number of ether oxygens (including phenoxy) is 1. The molecule has 0 saturated heterocycles. The predicted octanol–water partition coefficient (Wildman–Crippen LogP) is 1.23. The zero-order valence-corrected chi connectivity index (χ0v) is 11.1. The summed E-state index contributed by atoms with van der Waals surface area (Å²) in [6.45, 7) is 8.69. The minimum absolute atomic E-state index is 0.0941. The zero-order valence-electron chi connectivity index (χ0n) is 11.1. The molecule has 0 bridgehead atoms. The molecular formula is C12H24N4O. The number of hydrogen-bond acceptors (Lipinski definition) is 4. The molecule has 0 aliphatic heterocycles. The number of aromatic nitrogens is 3. The van der Waals surface area contributed by atoms with Crippen molar-refractivity contribution >= 4 is 0 Å². The second-order valence-corrected chi connectivity index (χ2v) is 4.70. The second kappa shape index (κ2) is 7.40. The summed E-state index contributed by atoms with van der Waals surface area (Å²) in [5.41, 5.74) is 6.04. The molecule has 0 aromatic carbocycles. The maximum absolute atomic E-state index is 6.04. The van der Waals surface area contributed by atoms with Gasteiger partial charge < -0.3 is 10.5 Å². The third-order valence-corrected chi connectivity index (χ3v) is 2.52. The SMILES string of the molecule is CCOCCC(N)Cc1ncnn1CC(C)C. The van der Waals surface area contributed by atoms with Gasteiger partial charge in [-0.15, -0.1) is 0 Å². The van der Waals surface area contributed by atoms with Crippen LogP contribution in [-0.2, 0) is 17.7 Å². The summed E-state index contributed by atoms with van der Waals surface area (Å²) in [5, 5.41) is 4.22. The van der Waals surface area contributed by atoms with E-state index >= 15 is 0 Å². The lowest BCUT2D eigenvalue weighted by Crippen LogP contribution is -2.27. The predicted molar refractivity (Wildman–Crippen MR) is 67.6 cm³/mol. The minimum atomic E-state index is 0.0941. The molecule has 2 N–H and O–H groups in total. The first-order chi connectivity index (χ1) is 8.13. The lowest BCUT2D eigenvalue weighted by molar-refractivity contribution is 0.139. The summed E-state index contributed by atoms with van der Waals surface area (Å²) in [6, 6.07) is 0.0941. The Hall–Kier alpha value is -0.940. The van der Waals surface area contributed by atoms with Gasteiger partial charge in [0, 0.05) is 32.2 Å². The van der Waals surface area contributed by atoms with Gasteiger partial charge in [0.05, 0.1) is 0 Å². The molecule has 5 heteroatoms. The van der Waals surface area contributed by atoms with Crippen LogP contribution in [0.25, 0.3) is 0 Å². The highest BCUT2D eigenvalue weighted by atomic mass is 16.5. The van der Waals surface area contributed by atoms with Crippen LogP contribution in [0.5, 0.6) is 0 Å². The third kappa shape index (κ3) is 5.28. The molecule has 1 heterocycles. The summed E-state index contributed by atoms with van der Waals surface area (Å²) in [4.78, 5) is 4.27. The Morgan fingerprint density at radius 1 is 1.47 bits per heavy atom. The van der Waals surface area contributed by atoms with Crippen LogP contribution in [0, 0.1) is 5.92 Å². The van der Waals surface area contributed by atoms with Crippen molar-refractivity contribution < 1.29 is 4.74 Å². The Kier molecular flexibility index (Phi) is 6.15. The van der Waals surface area contributed by atoms with Crippen molar-refractivity contribution in [3.8, 4) is 0 Å². The summed E-state index contributed by atoms with van der Waals surface area (Å²) in [6.07, 6.45) is 3.23. The maximum Gasteiger partial charge on any atom is 0.138 e. The van der Waals surface area contributed by atoms with Gasteiger partial charge in [-0.05, 0) is 19.3 Å². The van der Waals surface area contributed by atoms with Crippen LogP contribution in [-0.4, -0.2) is 34.0 Å². The van der Waals surface area contributed by atoms with Gasteiger partial charge in [-0.3, -0.25) is 0 Å². The molecule has 1 unspecified atom stereocenters. The van der Waals surface area contributed by atoms with Crippen LogP contribution >= 0.6 is 0 Å². The van der Waals surface area contributed by atoms with Gasteiger partial charge in [0.2, 0.25) is 0 Å². The van der Waals surface area contributed by atoms with E-state index in [-0.39, 0.29) is 6.04 Å². The van der Waals surface area contributed by atoms with Gasteiger partial charge in [-0.25, -0.2) is 9.67 Å². The van der Waals surface area contributed by atoms with Crippen molar-refractivity contribution in [2.45, 2.75) is 46.2 Å². The maximum atomic E-state index is 6.04. The first-order valence-corrected chi connectivity index (χ1v) is 6.33. The molecule has 5 nitrogen and oxygen atoms in total. The zero-order chi connectivity index (χ0) is 12.7. The molecule has 0 spiro atoms. The normalized spacial score (nSPS) is 13.2. The summed E-state index contributed by atoms with van der Waals surface area (Å²) in [7, 11) is 0. The van der Waals surface area contributed by atoms with Crippen molar-refractivity contribution in [3.05, 3.63) is 12.2 Å². The average Bonchev–Trinajstić information content (AvgIpc) is 2.65. The van der Waals surface area contributed by atoms with Crippen molar-refractivity contribution in [3.63, 3.8) is 0 Å². The highest BCUT2D eigenvalue weighted by molar-refractivity contribution is 4.89. The lowest BCUT2D eigenvalue weighted by atomic mass is 10.1. The highest BCUT2D eigenvalue weighted by Gasteiger charge is 2.10. The monoisotopic (exact) mass is 240 g/mol. The van der Waals surface area contributed by atoms with Crippen molar-refractivity contribution in [2.75, 3.05) is 13.2 Å². The fourth-order valence-electron chi connectivity index (χ4n) is 1.66. The van der Waals surface area contributed by atoms with E-state index < -0.39 is 0 Å². The van der Waals surface area contributed by atoms with Gasteiger partial charge in [-0.2, -0.15) is 5.10 Å². The summed E-state index contributed by atoms with van der Waals surface area (Å²) in [5.74, 6) is 1.54. The molecule has 0 amide bonds. The van der Waals surface area contributed by atoms with E-state index in [9.17, 15) is 0 Å². The first kappa shape index (κ1) is 14.1. The topological polar surface area (TPSA) is 66.0 Å². The fourth-order valence-corrected chi connectivity index (χ4v) is 1.66. The molecule has 1 aromatic rings.